The van der Waals surface area contributed by atoms with Gasteiger partial charge >= 0.3 is 0 Å². The van der Waals surface area contributed by atoms with E-state index in [-0.39, 0.29) is 0 Å². The number of piperidine rings is 1. The molecule has 0 saturated carbocycles. The minimum Gasteiger partial charge on any atom is -0.312 e. The fourth-order valence-corrected chi connectivity index (χ4v) is 3.68. The molecule has 3 nitrogen and oxygen atoms in total. The lowest BCUT2D eigenvalue weighted by Crippen LogP contribution is -2.44. The molecule has 3 rings (SSSR count). The third-order valence-corrected chi connectivity index (χ3v) is 5.08. The summed E-state index contributed by atoms with van der Waals surface area (Å²) in [6.07, 6.45) is 5.30. The molecular weight excluding hydrogens is 258 g/mol. The van der Waals surface area contributed by atoms with E-state index in [0.29, 0.717) is 12.1 Å². The molecule has 1 aromatic carbocycles. The van der Waals surface area contributed by atoms with E-state index in [1.54, 1.807) is 0 Å². The Kier molecular flexibility index (Phi) is 5.28. The third-order valence-electron chi connectivity index (χ3n) is 5.08. The lowest BCUT2D eigenvalue weighted by atomic mass is 10.0. The highest BCUT2D eigenvalue weighted by molar-refractivity contribution is 5.19. The van der Waals surface area contributed by atoms with Crippen LogP contribution in [0.25, 0.3) is 0 Å². The molecule has 1 atom stereocenters. The van der Waals surface area contributed by atoms with Crippen molar-refractivity contribution >= 4 is 0 Å². The van der Waals surface area contributed by atoms with Crippen LogP contribution in [0, 0.1) is 0 Å². The predicted molar refractivity (Wildman–Crippen MR) is 88.5 cm³/mol. The lowest BCUT2D eigenvalue weighted by Gasteiger charge is -2.33. The number of likely N-dealkylation sites (tertiary alicyclic amines) is 2. The van der Waals surface area contributed by atoms with Gasteiger partial charge in [0.25, 0.3) is 0 Å². The maximum absolute atomic E-state index is 3.85. The molecule has 2 aliphatic rings. The summed E-state index contributed by atoms with van der Waals surface area (Å²) in [6, 6.07) is 12.3. The maximum Gasteiger partial charge on any atom is 0.0472 e. The molecule has 2 fully saturated rings. The Morgan fingerprint density at radius 2 is 1.71 bits per heavy atom. The van der Waals surface area contributed by atoms with Crippen LogP contribution in [0.3, 0.4) is 0 Å². The first-order valence-electron chi connectivity index (χ1n) is 8.54. The molecule has 116 valence electrons. The number of hydrogen-bond donors (Lipinski definition) is 1. The fourth-order valence-electron chi connectivity index (χ4n) is 3.68. The summed E-state index contributed by atoms with van der Waals surface area (Å²) in [5, 5.41) is 3.85. The van der Waals surface area contributed by atoms with Crippen molar-refractivity contribution in [1.82, 2.24) is 15.1 Å². The molecule has 1 aromatic rings. The summed E-state index contributed by atoms with van der Waals surface area (Å²) < 4.78 is 0. The summed E-state index contributed by atoms with van der Waals surface area (Å²) in [7, 11) is 2.23. The van der Waals surface area contributed by atoms with Crippen LogP contribution >= 0.6 is 0 Å². The number of nitrogens with one attached hydrogen (secondary N) is 1. The molecular formula is C18H29N3. The molecule has 2 aliphatic heterocycles. The molecule has 0 radical (unpaired) electrons. The van der Waals surface area contributed by atoms with Crippen molar-refractivity contribution < 1.29 is 0 Å². The van der Waals surface area contributed by atoms with E-state index in [2.05, 4.69) is 52.5 Å². The highest BCUT2D eigenvalue weighted by Crippen LogP contribution is 2.25. The van der Waals surface area contributed by atoms with Gasteiger partial charge in [0.15, 0.2) is 0 Å². The summed E-state index contributed by atoms with van der Waals surface area (Å²) in [4.78, 5) is 5.10. The summed E-state index contributed by atoms with van der Waals surface area (Å²) >= 11 is 0. The van der Waals surface area contributed by atoms with Gasteiger partial charge in [0.2, 0.25) is 0 Å². The molecule has 0 spiro atoms. The van der Waals surface area contributed by atoms with Gasteiger partial charge in [0.1, 0.15) is 0 Å². The van der Waals surface area contributed by atoms with Gasteiger partial charge in [-0.25, -0.2) is 0 Å². The van der Waals surface area contributed by atoms with E-state index in [4.69, 9.17) is 0 Å². The Bertz CT molecular complexity index is 406. The first-order chi connectivity index (χ1) is 10.3. The zero-order valence-electron chi connectivity index (χ0n) is 13.3. The molecule has 2 heterocycles. The zero-order chi connectivity index (χ0) is 14.5. The van der Waals surface area contributed by atoms with Crippen LogP contribution in [0.5, 0.6) is 0 Å². The molecule has 0 bridgehead atoms. The third kappa shape index (κ3) is 4.06. The van der Waals surface area contributed by atoms with Crippen molar-refractivity contribution in [2.45, 2.75) is 37.8 Å². The number of benzene rings is 1. The first-order valence-corrected chi connectivity index (χ1v) is 8.54. The SMILES string of the molecule is CN1CCC(NCC(c2ccccc2)N2CCCC2)CC1. The van der Waals surface area contributed by atoms with Gasteiger partial charge in [-0.15, -0.1) is 0 Å². The standard InChI is InChI=1S/C18H29N3/c1-20-13-9-17(10-14-20)19-15-18(21-11-5-6-12-21)16-7-3-2-4-8-16/h2-4,7-8,17-19H,5-6,9-15H2,1H3. The highest BCUT2D eigenvalue weighted by atomic mass is 15.2. The normalized spacial score (nSPS) is 23.5. The minimum atomic E-state index is 0.549. The number of nitrogens with zero attached hydrogens (tertiary/aromatic N) is 2. The van der Waals surface area contributed by atoms with Crippen molar-refractivity contribution in [1.29, 1.82) is 0 Å². The Hall–Kier alpha value is -0.900. The van der Waals surface area contributed by atoms with Crippen molar-refractivity contribution in [3.63, 3.8) is 0 Å². The Morgan fingerprint density at radius 1 is 1.05 bits per heavy atom. The lowest BCUT2D eigenvalue weighted by molar-refractivity contribution is 0.202. The van der Waals surface area contributed by atoms with E-state index in [1.807, 2.05) is 0 Å². The molecule has 2 saturated heterocycles. The molecule has 0 amide bonds. The van der Waals surface area contributed by atoms with E-state index in [9.17, 15) is 0 Å². The van der Waals surface area contributed by atoms with E-state index in [1.165, 1.54) is 57.4 Å². The summed E-state index contributed by atoms with van der Waals surface area (Å²) in [5.41, 5.74) is 1.47. The quantitative estimate of drug-likeness (QED) is 0.898. The van der Waals surface area contributed by atoms with E-state index < -0.39 is 0 Å². The zero-order valence-corrected chi connectivity index (χ0v) is 13.3. The molecule has 0 aromatic heterocycles. The Morgan fingerprint density at radius 3 is 2.38 bits per heavy atom. The number of rotatable bonds is 5. The average Bonchev–Trinajstić information content (AvgIpc) is 3.05. The van der Waals surface area contributed by atoms with Gasteiger partial charge in [-0.2, -0.15) is 0 Å². The highest BCUT2D eigenvalue weighted by Gasteiger charge is 2.24. The first kappa shape index (κ1) is 15.0. The van der Waals surface area contributed by atoms with Crippen molar-refractivity contribution in [2.75, 3.05) is 39.8 Å². The Labute approximate surface area is 129 Å². The molecule has 0 aliphatic carbocycles. The van der Waals surface area contributed by atoms with Crippen molar-refractivity contribution in [2.24, 2.45) is 0 Å². The molecule has 3 heteroatoms. The summed E-state index contributed by atoms with van der Waals surface area (Å²) in [5.74, 6) is 0. The van der Waals surface area contributed by atoms with Gasteiger partial charge in [-0.1, -0.05) is 30.3 Å². The van der Waals surface area contributed by atoms with Gasteiger partial charge in [0, 0.05) is 18.6 Å². The minimum absolute atomic E-state index is 0.549. The van der Waals surface area contributed by atoms with Crippen LogP contribution in [-0.4, -0.2) is 55.6 Å². The second-order valence-electron chi connectivity index (χ2n) is 6.66. The largest absolute Gasteiger partial charge is 0.312 e. The van der Waals surface area contributed by atoms with Gasteiger partial charge in [0.05, 0.1) is 0 Å². The topological polar surface area (TPSA) is 18.5 Å². The number of hydrogen-bond acceptors (Lipinski definition) is 3. The van der Waals surface area contributed by atoms with Crippen LogP contribution in [0.15, 0.2) is 30.3 Å². The van der Waals surface area contributed by atoms with Gasteiger partial charge in [-0.3, -0.25) is 4.90 Å². The monoisotopic (exact) mass is 287 g/mol. The second kappa shape index (κ2) is 7.39. The second-order valence-corrected chi connectivity index (χ2v) is 6.66. The van der Waals surface area contributed by atoms with Crippen molar-refractivity contribution in [3.8, 4) is 0 Å². The summed E-state index contributed by atoms with van der Waals surface area (Å²) in [6.45, 7) is 6.08. The molecule has 1 N–H and O–H groups in total. The molecule has 21 heavy (non-hydrogen) atoms. The van der Waals surface area contributed by atoms with Gasteiger partial charge in [-0.05, 0) is 64.5 Å². The molecule has 1 unspecified atom stereocenters. The predicted octanol–water partition coefficient (Wildman–Crippen LogP) is 2.51. The average molecular weight is 287 g/mol. The maximum atomic E-state index is 3.85. The van der Waals surface area contributed by atoms with E-state index in [0.717, 1.165) is 6.54 Å². The van der Waals surface area contributed by atoms with Crippen molar-refractivity contribution in [3.05, 3.63) is 35.9 Å². The van der Waals surface area contributed by atoms with Gasteiger partial charge < -0.3 is 10.2 Å². The van der Waals surface area contributed by atoms with E-state index >= 15 is 0 Å². The van der Waals surface area contributed by atoms with Crippen LogP contribution in [0.1, 0.15) is 37.3 Å². The smallest absolute Gasteiger partial charge is 0.0472 e. The van der Waals surface area contributed by atoms with Crippen LogP contribution in [0.4, 0.5) is 0 Å². The Balaban J connectivity index is 1.60. The van der Waals surface area contributed by atoms with Crippen LogP contribution in [0.2, 0.25) is 0 Å². The van der Waals surface area contributed by atoms with Crippen LogP contribution < -0.4 is 5.32 Å². The van der Waals surface area contributed by atoms with Crippen LogP contribution in [-0.2, 0) is 0 Å². The fraction of sp³-hybridized carbons (Fsp3) is 0.667.